The van der Waals surface area contributed by atoms with Crippen LogP contribution in [0.4, 0.5) is 13.2 Å². The van der Waals surface area contributed by atoms with Crippen LogP contribution in [0.1, 0.15) is 42.6 Å². The van der Waals surface area contributed by atoms with Crippen molar-refractivity contribution >= 4 is 11.9 Å². The van der Waals surface area contributed by atoms with E-state index in [1.165, 1.54) is 12.8 Å². The van der Waals surface area contributed by atoms with E-state index in [9.17, 15) is 18.0 Å². The van der Waals surface area contributed by atoms with E-state index in [0.29, 0.717) is 18.1 Å². The first-order chi connectivity index (χ1) is 12.5. The molecule has 2 bridgehead atoms. The fourth-order valence-electron chi connectivity index (χ4n) is 3.91. The Labute approximate surface area is 156 Å². The van der Waals surface area contributed by atoms with Crippen LogP contribution in [0.3, 0.4) is 0 Å². The van der Waals surface area contributed by atoms with Gasteiger partial charge in [-0.3, -0.25) is 9.69 Å². The number of carbonyl (C=O) groups is 2. The van der Waals surface area contributed by atoms with Crippen molar-refractivity contribution in [1.82, 2.24) is 9.80 Å². The van der Waals surface area contributed by atoms with E-state index in [4.69, 9.17) is 9.90 Å². The number of fused-ring (bicyclic) bond motifs is 2. The van der Waals surface area contributed by atoms with Crippen molar-refractivity contribution in [1.29, 1.82) is 0 Å². The van der Waals surface area contributed by atoms with Crippen LogP contribution >= 0.6 is 0 Å². The topological polar surface area (TPSA) is 60.9 Å². The zero-order valence-electron chi connectivity index (χ0n) is 15.7. The van der Waals surface area contributed by atoms with Crippen LogP contribution in [0.25, 0.3) is 0 Å². The molecule has 0 saturated carbocycles. The Bertz CT molecular complexity index is 677. The molecule has 2 saturated heterocycles. The number of nitrogens with zero attached hydrogens (tertiary/aromatic N) is 2. The molecule has 3 rings (SSSR count). The first kappa shape index (κ1) is 21.2. The number of carbonyl (C=O) groups excluding carboxylic acids is 1. The van der Waals surface area contributed by atoms with E-state index in [1.807, 2.05) is 31.2 Å². The van der Waals surface area contributed by atoms with Crippen LogP contribution in [0.2, 0.25) is 0 Å². The van der Waals surface area contributed by atoms with Gasteiger partial charge >= 0.3 is 12.1 Å². The lowest BCUT2D eigenvalue weighted by Crippen LogP contribution is -2.57. The highest BCUT2D eigenvalue weighted by atomic mass is 19.4. The van der Waals surface area contributed by atoms with E-state index in [2.05, 4.69) is 23.6 Å². The summed E-state index contributed by atoms with van der Waals surface area (Å²) >= 11 is 0. The van der Waals surface area contributed by atoms with Crippen LogP contribution in [0.5, 0.6) is 0 Å². The predicted molar refractivity (Wildman–Crippen MR) is 94.6 cm³/mol. The Balaban J connectivity index is 0.000000321. The Hall–Kier alpha value is -2.09. The number of rotatable bonds is 2. The van der Waals surface area contributed by atoms with Gasteiger partial charge in [-0.1, -0.05) is 17.7 Å². The van der Waals surface area contributed by atoms with Crippen LogP contribution in [-0.4, -0.2) is 64.2 Å². The second kappa shape index (κ2) is 8.29. The lowest BCUT2D eigenvalue weighted by molar-refractivity contribution is -0.192. The second-order valence-corrected chi connectivity index (χ2v) is 7.31. The van der Waals surface area contributed by atoms with Gasteiger partial charge in [-0.25, -0.2) is 4.79 Å². The number of likely N-dealkylation sites (tertiary alicyclic amines) is 1. The number of aryl methyl sites for hydroxylation is 1. The molecule has 8 heteroatoms. The summed E-state index contributed by atoms with van der Waals surface area (Å²) in [6.07, 6.45) is -2.61. The fourth-order valence-corrected chi connectivity index (χ4v) is 3.91. The third kappa shape index (κ3) is 5.22. The minimum absolute atomic E-state index is 0.203. The molecule has 0 aromatic heterocycles. The Kier molecular flexibility index (Phi) is 6.51. The number of alkyl halides is 3. The highest BCUT2D eigenvalue weighted by Crippen LogP contribution is 2.32. The lowest BCUT2D eigenvalue weighted by Gasteiger charge is -2.43. The third-order valence-corrected chi connectivity index (χ3v) is 4.93. The van der Waals surface area contributed by atoms with Crippen molar-refractivity contribution in [3.63, 3.8) is 0 Å². The molecule has 150 valence electrons. The largest absolute Gasteiger partial charge is 0.490 e. The number of piperazine rings is 1. The maximum Gasteiger partial charge on any atom is 0.490 e. The van der Waals surface area contributed by atoms with Crippen LogP contribution < -0.4 is 0 Å². The molecule has 0 radical (unpaired) electrons. The maximum absolute atomic E-state index is 12.7. The fraction of sp³-hybridized carbons (Fsp3) is 0.579. The normalized spacial score (nSPS) is 22.4. The van der Waals surface area contributed by atoms with Crippen LogP contribution in [0.15, 0.2) is 24.3 Å². The van der Waals surface area contributed by atoms with Crippen molar-refractivity contribution in [3.8, 4) is 0 Å². The minimum atomic E-state index is -5.08. The number of carboxylic acid groups (broad SMARTS) is 1. The molecule has 2 fully saturated rings. The molecule has 2 heterocycles. The van der Waals surface area contributed by atoms with E-state index >= 15 is 0 Å². The maximum atomic E-state index is 12.7. The summed E-state index contributed by atoms with van der Waals surface area (Å²) in [5.74, 6) is -2.55. The molecule has 1 aromatic carbocycles. The number of benzene rings is 1. The van der Waals surface area contributed by atoms with Gasteiger partial charge in [-0.2, -0.15) is 13.2 Å². The highest BCUT2D eigenvalue weighted by Gasteiger charge is 2.42. The standard InChI is InChI=1S/C17H24N2O.C2HF3O2/c1-12(2)19-15-7-8-16(19)11-18(10-15)17(20)14-6-4-5-13(3)9-14;3-2(4,5)1(6)7/h4-6,9,12,15-16H,7-8,10-11H2,1-3H3;(H,6,7). The minimum Gasteiger partial charge on any atom is -0.475 e. The molecule has 0 spiro atoms. The number of halogens is 3. The Morgan fingerprint density at radius 3 is 2.07 bits per heavy atom. The summed E-state index contributed by atoms with van der Waals surface area (Å²) in [4.78, 5) is 26.2. The van der Waals surface area contributed by atoms with Gasteiger partial charge in [0.15, 0.2) is 0 Å². The van der Waals surface area contributed by atoms with Crippen molar-refractivity contribution in [2.24, 2.45) is 0 Å². The summed E-state index contributed by atoms with van der Waals surface area (Å²) in [5, 5.41) is 7.12. The molecule has 2 aliphatic rings. The summed E-state index contributed by atoms with van der Waals surface area (Å²) in [7, 11) is 0. The SMILES string of the molecule is Cc1cccc(C(=O)N2CC3CCC(C2)N3C(C)C)c1.O=C(O)C(F)(F)F. The summed E-state index contributed by atoms with van der Waals surface area (Å²) < 4.78 is 31.7. The number of aliphatic carboxylic acids is 1. The average Bonchev–Trinajstić information content (AvgIpc) is 2.84. The Morgan fingerprint density at radius 1 is 1.15 bits per heavy atom. The monoisotopic (exact) mass is 386 g/mol. The molecule has 1 aromatic rings. The lowest BCUT2D eigenvalue weighted by atomic mass is 10.1. The van der Waals surface area contributed by atoms with E-state index in [-0.39, 0.29) is 5.91 Å². The van der Waals surface area contributed by atoms with E-state index < -0.39 is 12.1 Å². The molecule has 2 aliphatic heterocycles. The van der Waals surface area contributed by atoms with E-state index in [1.54, 1.807) is 0 Å². The summed E-state index contributed by atoms with van der Waals surface area (Å²) in [6.45, 7) is 8.35. The van der Waals surface area contributed by atoms with Gasteiger partial charge in [0, 0.05) is 36.8 Å². The summed E-state index contributed by atoms with van der Waals surface area (Å²) in [5.41, 5.74) is 1.99. The van der Waals surface area contributed by atoms with Gasteiger partial charge in [0.2, 0.25) is 0 Å². The number of amides is 1. The number of hydrogen-bond donors (Lipinski definition) is 1. The molecule has 1 N–H and O–H groups in total. The van der Waals surface area contributed by atoms with Crippen LogP contribution in [0, 0.1) is 6.92 Å². The first-order valence-corrected chi connectivity index (χ1v) is 8.94. The van der Waals surface area contributed by atoms with Gasteiger partial charge in [0.1, 0.15) is 0 Å². The summed E-state index contributed by atoms with van der Waals surface area (Å²) in [6, 6.07) is 9.65. The molecule has 2 unspecified atom stereocenters. The van der Waals surface area contributed by atoms with Crippen molar-refractivity contribution in [3.05, 3.63) is 35.4 Å². The molecular formula is C19H25F3N2O3. The quantitative estimate of drug-likeness (QED) is 0.847. The van der Waals surface area contributed by atoms with Gasteiger partial charge in [-0.05, 0) is 45.7 Å². The molecule has 0 aliphatic carbocycles. The molecule has 27 heavy (non-hydrogen) atoms. The number of hydrogen-bond acceptors (Lipinski definition) is 3. The second-order valence-electron chi connectivity index (χ2n) is 7.31. The van der Waals surface area contributed by atoms with E-state index in [0.717, 1.165) is 24.2 Å². The highest BCUT2D eigenvalue weighted by molar-refractivity contribution is 5.94. The van der Waals surface area contributed by atoms with Crippen molar-refractivity contribution in [2.75, 3.05) is 13.1 Å². The van der Waals surface area contributed by atoms with Gasteiger partial charge in [0.25, 0.3) is 5.91 Å². The molecule has 1 amide bonds. The molecule has 5 nitrogen and oxygen atoms in total. The third-order valence-electron chi connectivity index (χ3n) is 4.93. The Morgan fingerprint density at radius 2 is 1.67 bits per heavy atom. The number of carboxylic acids is 1. The van der Waals surface area contributed by atoms with Crippen LogP contribution in [-0.2, 0) is 4.79 Å². The molecule has 2 atom stereocenters. The zero-order valence-corrected chi connectivity index (χ0v) is 15.7. The first-order valence-electron chi connectivity index (χ1n) is 8.94. The van der Waals surface area contributed by atoms with Gasteiger partial charge in [0.05, 0.1) is 0 Å². The van der Waals surface area contributed by atoms with Gasteiger partial charge in [-0.15, -0.1) is 0 Å². The van der Waals surface area contributed by atoms with Gasteiger partial charge < -0.3 is 10.0 Å². The van der Waals surface area contributed by atoms with Crippen molar-refractivity contribution in [2.45, 2.75) is 57.9 Å². The van der Waals surface area contributed by atoms with Crippen molar-refractivity contribution < 1.29 is 27.9 Å². The molecular weight excluding hydrogens is 361 g/mol. The predicted octanol–water partition coefficient (Wildman–Crippen LogP) is 3.33. The average molecular weight is 386 g/mol. The zero-order chi connectivity index (χ0) is 20.4. The smallest absolute Gasteiger partial charge is 0.475 e.